The predicted molar refractivity (Wildman–Crippen MR) is 206 cm³/mol. The third kappa shape index (κ3) is 6.46. The average molecular weight is 722 g/mol. The third-order valence-corrected chi connectivity index (χ3v) is 12.8. The van der Waals surface area contributed by atoms with Crippen molar-refractivity contribution in [1.29, 1.82) is 0 Å². The normalized spacial score (nSPS) is 11.7. The number of ether oxygens (including phenoxy) is 1. The molecular formula is C41H42N2OS2Se. The van der Waals surface area contributed by atoms with E-state index in [0.29, 0.717) is 0 Å². The Morgan fingerprint density at radius 1 is 0.638 bits per heavy atom. The topological polar surface area (TPSA) is 35.0 Å². The fourth-order valence-electron chi connectivity index (χ4n) is 6.92. The Balaban J connectivity index is 1.19. The predicted octanol–water partition coefficient (Wildman–Crippen LogP) is 12.6. The van der Waals surface area contributed by atoms with Crippen LogP contribution in [0.15, 0.2) is 72.8 Å². The maximum atomic E-state index is 6.43. The number of thiophene rings is 2. The van der Waals surface area contributed by atoms with E-state index in [1.807, 2.05) is 11.3 Å². The molecule has 6 heteroatoms. The van der Waals surface area contributed by atoms with E-state index in [9.17, 15) is 0 Å². The van der Waals surface area contributed by atoms with Gasteiger partial charge in [-0.25, -0.2) is 0 Å². The molecule has 4 aromatic carbocycles. The van der Waals surface area contributed by atoms with Crippen LogP contribution in [0.5, 0.6) is 5.75 Å². The maximum absolute atomic E-state index is 6.43. The van der Waals surface area contributed by atoms with Crippen LogP contribution in [-0.4, -0.2) is 29.5 Å². The van der Waals surface area contributed by atoms with Crippen LogP contribution >= 0.6 is 22.7 Å². The molecule has 0 amide bonds. The van der Waals surface area contributed by atoms with E-state index < -0.39 is 0 Å². The van der Waals surface area contributed by atoms with Crippen molar-refractivity contribution in [3.8, 4) is 37.1 Å². The van der Waals surface area contributed by atoms with Gasteiger partial charge in [0.05, 0.1) is 0 Å². The molecule has 0 N–H and O–H groups in total. The molecule has 3 nitrogen and oxygen atoms in total. The zero-order chi connectivity index (χ0) is 32.3. The van der Waals surface area contributed by atoms with Crippen molar-refractivity contribution in [3.05, 3.63) is 88.8 Å². The van der Waals surface area contributed by atoms with E-state index >= 15 is 0 Å². The second-order valence-electron chi connectivity index (χ2n) is 12.7. The number of rotatable bonds is 13. The van der Waals surface area contributed by atoms with Crippen LogP contribution in [0, 0.1) is 20.8 Å². The summed E-state index contributed by atoms with van der Waals surface area (Å²) in [4.78, 5) is 5.03. The van der Waals surface area contributed by atoms with Gasteiger partial charge in [-0.2, -0.15) is 0 Å². The van der Waals surface area contributed by atoms with Crippen LogP contribution in [0.25, 0.3) is 63.9 Å². The molecule has 0 radical (unpaired) electrons. The minimum absolute atomic E-state index is 0.144. The van der Waals surface area contributed by atoms with E-state index in [4.69, 9.17) is 12.7 Å². The van der Waals surface area contributed by atoms with Gasteiger partial charge in [-0.1, -0.05) is 26.2 Å². The molecule has 240 valence electrons. The molecule has 0 unspecified atom stereocenters. The van der Waals surface area contributed by atoms with Gasteiger partial charge in [0.1, 0.15) is 0 Å². The van der Waals surface area contributed by atoms with Gasteiger partial charge in [0.15, 0.2) is 0 Å². The quantitative estimate of drug-likeness (QED) is 0.0675. The molecule has 0 spiro atoms. The summed E-state index contributed by atoms with van der Waals surface area (Å²) >= 11 is 3.54. The summed E-state index contributed by atoms with van der Waals surface area (Å²) in [6, 6.07) is 26.8. The van der Waals surface area contributed by atoms with Crippen LogP contribution in [0.4, 0.5) is 0 Å². The molecule has 3 aromatic heterocycles. The molecule has 0 aliphatic heterocycles. The Labute approximate surface area is 292 Å². The summed E-state index contributed by atoms with van der Waals surface area (Å²) in [6.07, 6.45) is 10.4. The summed E-state index contributed by atoms with van der Waals surface area (Å²) in [5, 5.41) is 5.27. The Morgan fingerprint density at radius 3 is 1.85 bits per heavy atom. The van der Waals surface area contributed by atoms with Crippen molar-refractivity contribution in [2.24, 2.45) is 0 Å². The molecule has 0 atom stereocenters. The molecule has 3 heterocycles. The van der Waals surface area contributed by atoms with Crippen molar-refractivity contribution < 1.29 is 4.74 Å². The Morgan fingerprint density at radius 2 is 1.21 bits per heavy atom. The number of hydrogen-bond acceptors (Lipinski definition) is 5. The number of nitrogens with zero attached hydrogens (tertiary/aromatic N) is 2. The zero-order valence-electron chi connectivity index (χ0n) is 27.8. The fourth-order valence-corrected chi connectivity index (χ4v) is 10.4. The molecule has 0 fully saturated rings. The van der Waals surface area contributed by atoms with Gasteiger partial charge in [0.25, 0.3) is 0 Å². The van der Waals surface area contributed by atoms with Crippen molar-refractivity contribution in [3.63, 3.8) is 0 Å². The molecule has 7 aromatic rings. The van der Waals surface area contributed by atoms with Crippen LogP contribution in [0.2, 0.25) is 0 Å². The molecular weight excluding hydrogens is 680 g/mol. The number of fused-ring (bicyclic) bond motifs is 3. The Hall–Kier alpha value is -3.28. The van der Waals surface area contributed by atoms with Crippen LogP contribution < -0.4 is 4.74 Å². The summed E-state index contributed by atoms with van der Waals surface area (Å²) in [5.41, 5.74) is 8.36. The average Bonchev–Trinajstić information content (AvgIpc) is 3.82. The number of aryl methyl sites for hydroxylation is 3. The summed E-state index contributed by atoms with van der Waals surface area (Å²) in [7, 11) is 0. The Kier molecular flexibility index (Phi) is 9.93. The van der Waals surface area contributed by atoms with Gasteiger partial charge in [-0.3, -0.25) is 0 Å². The van der Waals surface area contributed by atoms with E-state index in [0.717, 1.165) is 35.4 Å². The van der Waals surface area contributed by atoms with Crippen LogP contribution in [0.3, 0.4) is 0 Å². The monoisotopic (exact) mass is 722 g/mol. The molecule has 0 aliphatic rings. The van der Waals surface area contributed by atoms with Crippen molar-refractivity contribution in [2.75, 3.05) is 6.61 Å². The molecule has 0 saturated heterocycles. The zero-order valence-corrected chi connectivity index (χ0v) is 31.2. The molecule has 0 saturated carbocycles. The Bertz CT molecular complexity index is 2110. The standard InChI is InChI=1S/C41H42N2OS2Se/c1-5-6-7-8-9-10-11-16-23-44-35-25-27(3)45-41(35)34-22-21-33(38-39(34)43-47-42-38)40-26(2)24-36(46-40)37-31-19-14-12-17-29(31)28(4)30-18-13-15-20-32(30)37/h12-15,17-22,24-25H,5-11,16,23H2,1-4H3. The molecule has 7 rings (SSSR count). The molecule has 0 bridgehead atoms. The summed E-state index contributed by atoms with van der Waals surface area (Å²) in [6.45, 7) is 9.71. The van der Waals surface area contributed by atoms with Gasteiger partial charge in [0.2, 0.25) is 0 Å². The molecule has 0 aliphatic carbocycles. The van der Waals surface area contributed by atoms with Gasteiger partial charge in [-0.15, -0.1) is 0 Å². The van der Waals surface area contributed by atoms with E-state index in [2.05, 4.69) is 100 Å². The van der Waals surface area contributed by atoms with Crippen molar-refractivity contribution in [1.82, 2.24) is 7.96 Å². The van der Waals surface area contributed by atoms with Gasteiger partial charge < -0.3 is 0 Å². The van der Waals surface area contributed by atoms with Gasteiger partial charge in [-0.05, 0) is 0 Å². The van der Waals surface area contributed by atoms with E-state index in [-0.39, 0.29) is 15.0 Å². The van der Waals surface area contributed by atoms with Crippen molar-refractivity contribution >= 4 is 70.2 Å². The van der Waals surface area contributed by atoms with Gasteiger partial charge >= 0.3 is 268 Å². The van der Waals surface area contributed by atoms with Crippen molar-refractivity contribution in [2.45, 2.75) is 79.1 Å². The SMILES string of the molecule is CCCCCCCCCCOc1cc(C)sc1-c1ccc(-c2sc(-c3c4ccccc4c(C)c4ccccc34)cc2C)c2n[se]nc12. The first-order valence-corrected chi connectivity index (χ1v) is 20.2. The number of hydrogen-bond donors (Lipinski definition) is 0. The van der Waals surface area contributed by atoms with E-state index in [1.165, 1.54) is 108 Å². The third-order valence-electron chi connectivity index (χ3n) is 9.35. The second kappa shape index (κ2) is 14.5. The summed E-state index contributed by atoms with van der Waals surface area (Å²) in [5.74, 6) is 0.993. The first-order chi connectivity index (χ1) is 23.0. The van der Waals surface area contributed by atoms with E-state index in [1.54, 1.807) is 11.3 Å². The van der Waals surface area contributed by atoms with Crippen LogP contribution in [0.1, 0.15) is 74.3 Å². The van der Waals surface area contributed by atoms with Crippen LogP contribution in [-0.2, 0) is 0 Å². The molecule has 47 heavy (non-hydrogen) atoms. The summed E-state index contributed by atoms with van der Waals surface area (Å²) < 4.78 is 16.5. The fraction of sp³-hybridized carbons (Fsp3) is 0.317. The number of benzene rings is 4. The van der Waals surface area contributed by atoms with Gasteiger partial charge in [0, 0.05) is 0 Å². The second-order valence-corrected chi connectivity index (χ2v) is 16.1. The first-order valence-electron chi connectivity index (χ1n) is 17.0. The number of unbranched alkanes of at least 4 members (excludes halogenated alkanes) is 7. The number of aromatic nitrogens is 2. The minimum atomic E-state index is -0.144. The first kappa shape index (κ1) is 32.3.